The van der Waals surface area contributed by atoms with Gasteiger partial charge in [-0.2, -0.15) is 0 Å². The van der Waals surface area contributed by atoms with Crippen LogP contribution in [-0.4, -0.2) is 31.4 Å². The van der Waals surface area contributed by atoms with E-state index in [1.54, 1.807) is 0 Å². The molecule has 3 heteroatoms. The maximum atomic E-state index is 11.4. The molecular weight excluding hydrogens is 164 g/mol. The van der Waals surface area contributed by atoms with Gasteiger partial charge in [0.1, 0.15) is 0 Å². The summed E-state index contributed by atoms with van der Waals surface area (Å²) in [6.07, 6.45) is 5.50. The van der Waals surface area contributed by atoms with Gasteiger partial charge in [0.15, 0.2) is 0 Å². The lowest BCUT2D eigenvalue weighted by molar-refractivity contribution is -0.130. The van der Waals surface area contributed by atoms with Gasteiger partial charge in [-0.3, -0.25) is 4.79 Å². The molecule has 13 heavy (non-hydrogen) atoms. The van der Waals surface area contributed by atoms with E-state index in [1.807, 2.05) is 14.1 Å². The number of hydrogen-bond acceptors (Lipinski definition) is 2. The largest absolute Gasteiger partial charge is 0.369 e. The van der Waals surface area contributed by atoms with E-state index in [2.05, 4.69) is 4.90 Å². The van der Waals surface area contributed by atoms with Gasteiger partial charge in [0, 0.05) is 6.54 Å². The Bertz CT molecular complexity index is 183. The van der Waals surface area contributed by atoms with E-state index >= 15 is 0 Å². The van der Waals surface area contributed by atoms with Crippen LogP contribution in [0.2, 0.25) is 0 Å². The monoisotopic (exact) mass is 184 g/mol. The van der Waals surface area contributed by atoms with E-state index in [0.29, 0.717) is 0 Å². The van der Waals surface area contributed by atoms with Gasteiger partial charge in [0.2, 0.25) is 5.91 Å². The van der Waals surface area contributed by atoms with Crippen LogP contribution >= 0.6 is 0 Å². The van der Waals surface area contributed by atoms with Crippen molar-refractivity contribution in [2.45, 2.75) is 32.1 Å². The van der Waals surface area contributed by atoms with Crippen LogP contribution in [0, 0.1) is 5.41 Å². The minimum absolute atomic E-state index is 0.110. The molecule has 0 radical (unpaired) electrons. The molecule has 0 saturated heterocycles. The first-order valence-corrected chi connectivity index (χ1v) is 5.01. The molecule has 0 aromatic rings. The predicted octanol–water partition coefficient (Wildman–Crippen LogP) is 0.984. The number of nitrogens with zero attached hydrogens (tertiary/aromatic N) is 1. The fraction of sp³-hybridized carbons (Fsp3) is 0.900. The molecule has 1 aliphatic rings. The average molecular weight is 184 g/mol. The Labute approximate surface area is 80.3 Å². The molecule has 1 amide bonds. The van der Waals surface area contributed by atoms with Gasteiger partial charge < -0.3 is 10.6 Å². The molecule has 1 saturated carbocycles. The second-order valence-corrected chi connectivity index (χ2v) is 4.44. The molecule has 1 fully saturated rings. The molecule has 0 atom stereocenters. The Morgan fingerprint density at radius 3 is 2.23 bits per heavy atom. The summed E-state index contributed by atoms with van der Waals surface area (Å²) < 4.78 is 0. The standard InChI is InChI=1S/C10H20N2O/c1-12(2)8-10(9(11)13)6-4-3-5-7-10/h3-8H2,1-2H3,(H2,11,13). The number of carbonyl (C=O) groups is 1. The molecule has 0 heterocycles. The summed E-state index contributed by atoms with van der Waals surface area (Å²) in [6.45, 7) is 0.808. The van der Waals surface area contributed by atoms with Crippen LogP contribution in [0.1, 0.15) is 32.1 Å². The Hall–Kier alpha value is -0.570. The first-order chi connectivity index (χ1) is 6.07. The molecule has 1 aliphatic carbocycles. The third-order valence-electron chi connectivity index (χ3n) is 2.95. The van der Waals surface area contributed by atoms with Crippen molar-refractivity contribution in [3.8, 4) is 0 Å². The van der Waals surface area contributed by atoms with Crippen LogP contribution in [0.5, 0.6) is 0 Å². The Balaban J connectivity index is 2.67. The fourth-order valence-corrected chi connectivity index (χ4v) is 2.32. The van der Waals surface area contributed by atoms with Crippen molar-refractivity contribution in [3.05, 3.63) is 0 Å². The molecule has 76 valence electrons. The van der Waals surface area contributed by atoms with Crippen molar-refractivity contribution in [1.82, 2.24) is 4.90 Å². The molecule has 3 nitrogen and oxygen atoms in total. The van der Waals surface area contributed by atoms with Gasteiger partial charge in [-0.05, 0) is 26.9 Å². The van der Waals surface area contributed by atoms with Crippen LogP contribution in [0.25, 0.3) is 0 Å². The maximum absolute atomic E-state index is 11.4. The molecule has 0 unspecified atom stereocenters. The third-order valence-corrected chi connectivity index (χ3v) is 2.95. The van der Waals surface area contributed by atoms with Crippen molar-refractivity contribution in [1.29, 1.82) is 0 Å². The molecule has 0 bridgehead atoms. The molecule has 2 N–H and O–H groups in total. The highest BCUT2D eigenvalue weighted by atomic mass is 16.1. The van der Waals surface area contributed by atoms with Crippen LogP contribution in [0.15, 0.2) is 0 Å². The topological polar surface area (TPSA) is 46.3 Å². The Morgan fingerprint density at radius 2 is 1.85 bits per heavy atom. The fourth-order valence-electron chi connectivity index (χ4n) is 2.32. The summed E-state index contributed by atoms with van der Waals surface area (Å²) in [6, 6.07) is 0. The molecule has 1 rings (SSSR count). The molecular formula is C10H20N2O. The zero-order chi connectivity index (χ0) is 9.90. The van der Waals surface area contributed by atoms with Crippen molar-refractivity contribution < 1.29 is 4.79 Å². The summed E-state index contributed by atoms with van der Waals surface area (Å²) in [5.41, 5.74) is 5.25. The highest BCUT2D eigenvalue weighted by Crippen LogP contribution is 2.36. The minimum atomic E-state index is -0.234. The zero-order valence-electron chi connectivity index (χ0n) is 8.68. The second kappa shape index (κ2) is 4.09. The number of hydrogen-bond donors (Lipinski definition) is 1. The maximum Gasteiger partial charge on any atom is 0.224 e. The van der Waals surface area contributed by atoms with Gasteiger partial charge in [0.05, 0.1) is 5.41 Å². The van der Waals surface area contributed by atoms with Gasteiger partial charge in [0.25, 0.3) is 0 Å². The number of carbonyl (C=O) groups excluding carboxylic acids is 1. The van der Waals surface area contributed by atoms with E-state index in [4.69, 9.17) is 5.73 Å². The quantitative estimate of drug-likeness (QED) is 0.711. The van der Waals surface area contributed by atoms with Crippen molar-refractivity contribution in [2.75, 3.05) is 20.6 Å². The van der Waals surface area contributed by atoms with Gasteiger partial charge in [-0.25, -0.2) is 0 Å². The lowest BCUT2D eigenvalue weighted by Crippen LogP contribution is -2.45. The van der Waals surface area contributed by atoms with E-state index in [9.17, 15) is 4.79 Å². The smallest absolute Gasteiger partial charge is 0.224 e. The summed E-state index contributed by atoms with van der Waals surface area (Å²) >= 11 is 0. The third kappa shape index (κ3) is 2.44. The van der Waals surface area contributed by atoms with Crippen LogP contribution in [0.3, 0.4) is 0 Å². The summed E-state index contributed by atoms with van der Waals surface area (Å²) in [5, 5.41) is 0. The van der Waals surface area contributed by atoms with Gasteiger partial charge >= 0.3 is 0 Å². The summed E-state index contributed by atoms with van der Waals surface area (Å²) in [5.74, 6) is -0.110. The Kier molecular flexibility index (Phi) is 3.31. The van der Waals surface area contributed by atoms with Crippen LogP contribution in [-0.2, 0) is 4.79 Å². The van der Waals surface area contributed by atoms with E-state index in [0.717, 1.165) is 32.2 Å². The van der Waals surface area contributed by atoms with Crippen molar-refractivity contribution in [2.24, 2.45) is 11.1 Å². The predicted molar refractivity (Wildman–Crippen MR) is 53.3 cm³/mol. The van der Waals surface area contributed by atoms with Crippen LogP contribution < -0.4 is 5.73 Å². The SMILES string of the molecule is CN(C)CC1(C(N)=O)CCCCC1. The van der Waals surface area contributed by atoms with Crippen molar-refractivity contribution in [3.63, 3.8) is 0 Å². The van der Waals surface area contributed by atoms with E-state index < -0.39 is 0 Å². The minimum Gasteiger partial charge on any atom is -0.369 e. The summed E-state index contributed by atoms with van der Waals surface area (Å²) in [7, 11) is 4.00. The first kappa shape index (κ1) is 10.5. The van der Waals surface area contributed by atoms with Crippen LogP contribution in [0.4, 0.5) is 0 Å². The molecule has 0 aromatic heterocycles. The number of nitrogens with two attached hydrogens (primary N) is 1. The molecule has 0 aliphatic heterocycles. The van der Waals surface area contributed by atoms with E-state index in [-0.39, 0.29) is 11.3 Å². The molecule has 0 aromatic carbocycles. The average Bonchev–Trinajstić information content (AvgIpc) is 2.04. The lowest BCUT2D eigenvalue weighted by Gasteiger charge is -2.36. The summed E-state index contributed by atoms with van der Waals surface area (Å²) in [4.78, 5) is 13.5. The van der Waals surface area contributed by atoms with Crippen molar-refractivity contribution >= 4 is 5.91 Å². The second-order valence-electron chi connectivity index (χ2n) is 4.44. The van der Waals surface area contributed by atoms with Gasteiger partial charge in [-0.1, -0.05) is 19.3 Å². The number of amides is 1. The highest BCUT2D eigenvalue weighted by Gasteiger charge is 2.37. The van der Waals surface area contributed by atoms with Gasteiger partial charge in [-0.15, -0.1) is 0 Å². The highest BCUT2D eigenvalue weighted by molar-refractivity contribution is 5.81. The van der Waals surface area contributed by atoms with E-state index in [1.165, 1.54) is 6.42 Å². The zero-order valence-corrected chi connectivity index (χ0v) is 8.68. The first-order valence-electron chi connectivity index (χ1n) is 5.01. The Morgan fingerprint density at radius 1 is 1.31 bits per heavy atom. The number of rotatable bonds is 3. The lowest BCUT2D eigenvalue weighted by atomic mass is 9.73. The molecule has 0 spiro atoms. The number of primary amides is 1. The normalized spacial score (nSPS) is 21.8.